The predicted octanol–water partition coefficient (Wildman–Crippen LogP) is 4.45. The van der Waals surface area contributed by atoms with Crippen LogP contribution in [0.3, 0.4) is 0 Å². The zero-order chi connectivity index (χ0) is 19.0. The number of thiazole rings is 1. The molecule has 0 amide bonds. The molecule has 1 aromatic rings. The van der Waals surface area contributed by atoms with Crippen LogP contribution in [0.15, 0.2) is 39.3 Å². The average Bonchev–Trinajstić information content (AvgIpc) is 2.91. The summed E-state index contributed by atoms with van der Waals surface area (Å²) in [4.78, 5) is 9.25. The Labute approximate surface area is 152 Å². The molecule has 1 rings (SSSR count). The van der Waals surface area contributed by atoms with Crippen molar-refractivity contribution in [2.45, 2.75) is 33.5 Å². The zero-order valence-corrected chi connectivity index (χ0v) is 15.6. The van der Waals surface area contributed by atoms with Crippen LogP contribution in [0.5, 0.6) is 0 Å². The second-order valence-electron chi connectivity index (χ2n) is 4.97. The number of aliphatic imine (C=N–C) groups is 1. The maximum absolute atomic E-state index is 12.0. The minimum Gasteiger partial charge on any atom is -0.394 e. The number of allylic oxidation sites excluding steroid dienone is 2. The lowest BCUT2D eigenvalue weighted by atomic mass is 10.3. The molecule has 0 unspecified atom stereocenters. The maximum Gasteiger partial charge on any atom is 0.481 e. The van der Waals surface area contributed by atoms with Gasteiger partial charge in [0.1, 0.15) is 5.84 Å². The van der Waals surface area contributed by atoms with E-state index in [4.69, 9.17) is 11.5 Å². The number of hydrogen-bond donors (Lipinski definition) is 3. The Balaban J connectivity index is 2.91. The van der Waals surface area contributed by atoms with Crippen molar-refractivity contribution in [3.8, 4) is 0 Å². The average molecular weight is 391 g/mol. The van der Waals surface area contributed by atoms with Crippen molar-refractivity contribution in [3.63, 3.8) is 0 Å². The molecule has 25 heavy (non-hydrogen) atoms. The van der Waals surface area contributed by atoms with Crippen molar-refractivity contribution in [2.75, 3.05) is 0 Å². The molecule has 0 spiro atoms. The molecule has 0 aromatic carbocycles. The first-order valence-electron chi connectivity index (χ1n) is 7.24. The Morgan fingerprint density at radius 3 is 2.64 bits per heavy atom. The Kier molecular flexibility index (Phi) is 8.04. The third kappa shape index (κ3) is 8.12. The predicted molar refractivity (Wildman–Crippen MR) is 100 cm³/mol. The Bertz CT molecular complexity index is 698. The fourth-order valence-corrected chi connectivity index (χ4v) is 3.23. The van der Waals surface area contributed by atoms with Crippen molar-refractivity contribution in [3.05, 3.63) is 40.0 Å². The maximum atomic E-state index is 12.0. The quantitative estimate of drug-likeness (QED) is 0.363. The Hall–Kier alpha value is -1.94. The number of alkyl halides is 3. The van der Waals surface area contributed by atoms with Gasteiger partial charge in [-0.25, -0.2) is 9.98 Å². The highest BCUT2D eigenvalue weighted by Crippen LogP contribution is 2.36. The molecule has 1 aromatic heterocycles. The van der Waals surface area contributed by atoms with Crippen molar-refractivity contribution in [2.24, 2.45) is 16.5 Å². The molecule has 5 nitrogen and oxygen atoms in total. The standard InChI is InChI=1S/C15H20F3N5S2/c1-4-5-12(20)25-13(9(2)3)10-8-24-14(22-10)23-11(19)6-7-21-15(16,17)18/h5-8,21H,4,20H2,1-3H3,(H2,19,22,23)/b7-6-,12-5+. The summed E-state index contributed by atoms with van der Waals surface area (Å²) in [6, 6.07) is 0. The molecule has 5 N–H and O–H groups in total. The first-order valence-corrected chi connectivity index (χ1v) is 8.94. The van der Waals surface area contributed by atoms with Crippen LogP contribution in [0, 0.1) is 0 Å². The van der Waals surface area contributed by atoms with E-state index in [1.54, 1.807) is 5.38 Å². The third-order valence-corrected chi connectivity index (χ3v) is 4.49. The smallest absolute Gasteiger partial charge is 0.394 e. The fourth-order valence-electron chi connectivity index (χ4n) is 1.56. The number of thioether (sulfide) groups is 1. The molecule has 0 aliphatic rings. The van der Waals surface area contributed by atoms with Crippen LogP contribution in [-0.4, -0.2) is 17.1 Å². The summed E-state index contributed by atoms with van der Waals surface area (Å²) >= 11 is 2.65. The van der Waals surface area contributed by atoms with Gasteiger partial charge in [0.2, 0.25) is 5.13 Å². The molecule has 0 aliphatic carbocycles. The number of aromatic nitrogens is 1. The van der Waals surface area contributed by atoms with E-state index >= 15 is 0 Å². The van der Waals surface area contributed by atoms with Gasteiger partial charge in [-0.15, -0.1) is 11.3 Å². The second-order valence-corrected chi connectivity index (χ2v) is 6.89. The lowest BCUT2D eigenvalue weighted by Gasteiger charge is -2.07. The monoisotopic (exact) mass is 391 g/mol. The lowest BCUT2D eigenvalue weighted by molar-refractivity contribution is -0.146. The fraction of sp³-hybridized carbons (Fsp3) is 0.333. The minimum atomic E-state index is -4.51. The largest absolute Gasteiger partial charge is 0.481 e. The molecule has 0 bridgehead atoms. The molecule has 1 heterocycles. The number of rotatable bonds is 7. The third-order valence-electron chi connectivity index (χ3n) is 2.53. The van der Waals surface area contributed by atoms with Gasteiger partial charge in [0.25, 0.3) is 0 Å². The number of hydrogen-bond acceptors (Lipinski definition) is 6. The summed E-state index contributed by atoms with van der Waals surface area (Å²) in [6.07, 6.45) is -0.0630. The molecule has 138 valence electrons. The SMILES string of the molecule is CC/C=C(\N)SC(=C(C)C)c1csc(/N=C(N)\C=C/NC(F)(F)F)n1. The topological polar surface area (TPSA) is 89.3 Å². The molecule has 0 saturated heterocycles. The number of nitrogens with zero attached hydrogens (tertiary/aromatic N) is 2. The van der Waals surface area contributed by atoms with E-state index in [1.807, 2.05) is 26.8 Å². The van der Waals surface area contributed by atoms with Crippen LogP contribution in [0.25, 0.3) is 4.91 Å². The summed E-state index contributed by atoms with van der Waals surface area (Å²) in [7, 11) is 0. The molecule has 0 atom stereocenters. The van der Waals surface area contributed by atoms with Crippen LogP contribution < -0.4 is 16.8 Å². The van der Waals surface area contributed by atoms with E-state index in [2.05, 4.69) is 9.98 Å². The van der Waals surface area contributed by atoms with Gasteiger partial charge in [0.05, 0.1) is 10.7 Å². The summed E-state index contributed by atoms with van der Waals surface area (Å²) in [5, 5.41) is 4.05. The van der Waals surface area contributed by atoms with E-state index in [1.165, 1.54) is 28.4 Å². The molecule has 0 fully saturated rings. The summed E-state index contributed by atoms with van der Waals surface area (Å²) < 4.78 is 36.0. The van der Waals surface area contributed by atoms with E-state index < -0.39 is 6.30 Å². The molecular formula is C15H20F3N5S2. The molecular weight excluding hydrogens is 371 g/mol. The van der Waals surface area contributed by atoms with Gasteiger partial charge in [-0.1, -0.05) is 30.3 Å². The number of halogens is 3. The van der Waals surface area contributed by atoms with Gasteiger partial charge in [0, 0.05) is 16.5 Å². The van der Waals surface area contributed by atoms with Crippen molar-refractivity contribution < 1.29 is 13.2 Å². The van der Waals surface area contributed by atoms with Crippen LogP contribution >= 0.6 is 23.1 Å². The van der Waals surface area contributed by atoms with Crippen LogP contribution in [-0.2, 0) is 0 Å². The van der Waals surface area contributed by atoms with Crippen LogP contribution in [0.1, 0.15) is 32.9 Å². The van der Waals surface area contributed by atoms with Gasteiger partial charge in [-0.2, -0.15) is 13.2 Å². The van der Waals surface area contributed by atoms with E-state index in [-0.39, 0.29) is 5.84 Å². The molecule has 10 heteroatoms. The highest BCUT2D eigenvalue weighted by Gasteiger charge is 2.24. The van der Waals surface area contributed by atoms with Crippen molar-refractivity contribution in [1.82, 2.24) is 10.3 Å². The molecule has 0 saturated carbocycles. The highest BCUT2D eigenvalue weighted by molar-refractivity contribution is 8.11. The van der Waals surface area contributed by atoms with E-state index in [0.717, 1.165) is 23.0 Å². The lowest BCUT2D eigenvalue weighted by Crippen LogP contribution is -2.26. The minimum absolute atomic E-state index is 0.0885. The second kappa shape index (κ2) is 9.52. The van der Waals surface area contributed by atoms with Gasteiger partial charge in [-0.05, 0) is 26.3 Å². The van der Waals surface area contributed by atoms with Crippen LogP contribution in [0.2, 0.25) is 0 Å². The van der Waals surface area contributed by atoms with Gasteiger partial charge in [0.15, 0.2) is 0 Å². The zero-order valence-electron chi connectivity index (χ0n) is 14.0. The van der Waals surface area contributed by atoms with Crippen LogP contribution in [0.4, 0.5) is 18.3 Å². The number of nitrogens with one attached hydrogen (secondary N) is 1. The highest BCUT2D eigenvalue weighted by atomic mass is 32.2. The van der Waals surface area contributed by atoms with Gasteiger partial charge in [-0.3, -0.25) is 0 Å². The van der Waals surface area contributed by atoms with Gasteiger partial charge >= 0.3 is 6.30 Å². The van der Waals surface area contributed by atoms with E-state index in [9.17, 15) is 13.2 Å². The first-order chi connectivity index (χ1) is 11.6. The number of nitrogens with two attached hydrogens (primary N) is 2. The summed E-state index contributed by atoms with van der Waals surface area (Å²) in [5.74, 6) is -0.0885. The van der Waals surface area contributed by atoms with Crippen molar-refractivity contribution >= 4 is 39.0 Å². The number of amidine groups is 1. The molecule has 0 radical (unpaired) electrons. The first kappa shape index (κ1) is 21.1. The van der Waals surface area contributed by atoms with Gasteiger partial charge < -0.3 is 16.8 Å². The van der Waals surface area contributed by atoms with Crippen molar-refractivity contribution in [1.29, 1.82) is 0 Å². The Morgan fingerprint density at radius 2 is 2.08 bits per heavy atom. The van der Waals surface area contributed by atoms with E-state index in [0.29, 0.717) is 22.1 Å². The molecule has 0 aliphatic heterocycles. The summed E-state index contributed by atoms with van der Waals surface area (Å²) in [6.45, 7) is 5.89. The normalized spacial score (nSPS) is 13.4. The summed E-state index contributed by atoms with van der Waals surface area (Å²) in [5.41, 5.74) is 13.3. The Morgan fingerprint density at radius 1 is 1.40 bits per heavy atom.